The van der Waals surface area contributed by atoms with E-state index in [2.05, 4.69) is 6.92 Å². The summed E-state index contributed by atoms with van der Waals surface area (Å²) in [6, 6.07) is 0. The van der Waals surface area contributed by atoms with Crippen molar-refractivity contribution in [3.63, 3.8) is 0 Å². The van der Waals surface area contributed by atoms with Gasteiger partial charge in [-0.2, -0.15) is 0 Å². The number of rotatable bonds is 41. The van der Waals surface area contributed by atoms with Gasteiger partial charge in [0.15, 0.2) is 0 Å². The van der Waals surface area contributed by atoms with Gasteiger partial charge in [-0.25, -0.2) is 0 Å². The lowest BCUT2D eigenvalue weighted by molar-refractivity contribution is -0.0293. The Bertz CT molecular complexity index is 516. The number of unbranched alkanes of at least 4 members (excludes halogenated alkanes) is 5. The molecule has 272 valence electrons. The lowest BCUT2D eigenvalue weighted by atomic mass is 10.1. The topological polar surface area (TPSA) is 111 Å². The van der Waals surface area contributed by atoms with E-state index in [4.69, 9.17) is 56.8 Å². The van der Waals surface area contributed by atoms with Gasteiger partial charge in [0, 0.05) is 6.61 Å². The summed E-state index contributed by atoms with van der Waals surface area (Å²) in [7, 11) is 0. The molecule has 0 heterocycles. The molecule has 0 aliphatic rings. The summed E-state index contributed by atoms with van der Waals surface area (Å²) >= 11 is 0. The van der Waals surface area contributed by atoms with E-state index in [1.807, 2.05) is 13.8 Å². The maximum Gasteiger partial charge on any atom is 0.0703 e. The molecule has 0 atom stereocenters. The Balaban J connectivity index is 3.04. The first kappa shape index (κ1) is 44.5. The number of hydrogen-bond acceptors (Lipinski definition) is 12. The fourth-order valence-electron chi connectivity index (χ4n) is 3.63. The molecule has 0 aliphatic carbocycles. The second-order valence-electron chi connectivity index (χ2n) is 10.4. The van der Waals surface area contributed by atoms with E-state index in [9.17, 15) is 0 Å². The lowest BCUT2D eigenvalue weighted by Crippen LogP contribution is -2.15. The molecule has 0 fully saturated rings. The molecule has 0 aliphatic heterocycles. The van der Waals surface area contributed by atoms with E-state index >= 15 is 0 Å². The Hall–Kier alpha value is -0.480. The number of ether oxygens (including phenoxy) is 12. The predicted molar refractivity (Wildman–Crippen MR) is 173 cm³/mol. The first-order valence-corrected chi connectivity index (χ1v) is 17.2. The van der Waals surface area contributed by atoms with Crippen LogP contribution in [0, 0.1) is 0 Å². The van der Waals surface area contributed by atoms with Crippen LogP contribution in [-0.4, -0.2) is 158 Å². The average Bonchev–Trinajstić information content (AvgIpc) is 3.03. The van der Waals surface area contributed by atoms with Crippen LogP contribution < -0.4 is 0 Å². The van der Waals surface area contributed by atoms with Gasteiger partial charge in [-0.05, 0) is 20.3 Å². The van der Waals surface area contributed by atoms with Crippen LogP contribution in [-0.2, 0) is 56.8 Å². The second kappa shape index (κ2) is 41.5. The summed E-state index contributed by atoms with van der Waals surface area (Å²) in [6.07, 6.45) is 7.92. The van der Waals surface area contributed by atoms with Crippen molar-refractivity contribution >= 4 is 0 Å². The van der Waals surface area contributed by atoms with Crippen molar-refractivity contribution in [2.75, 3.05) is 152 Å². The standard InChI is InChI=1S/C33H68O12/c1-4-5-6-7-8-9-10-34-11-12-35-13-14-36-15-16-37-17-18-38-19-20-39-21-22-40-23-24-41-25-26-42-27-28-43-29-30-44-31-32-45-33(2)3/h33H,4-32H2,1-3H3. The SMILES string of the molecule is CCCCCCCCOCCOCCOCCOCCOCCOCCOCCOCCOCCOCCOCCOC(C)C. The molecular formula is C33H68O12. The average molecular weight is 657 g/mol. The molecule has 0 aromatic carbocycles. The highest BCUT2D eigenvalue weighted by atomic mass is 16.6. The Labute approximate surface area is 274 Å². The maximum absolute atomic E-state index is 5.58. The van der Waals surface area contributed by atoms with Crippen molar-refractivity contribution < 1.29 is 56.8 Å². The molecule has 0 rings (SSSR count). The van der Waals surface area contributed by atoms with Gasteiger partial charge in [0.05, 0.1) is 151 Å². The molecule has 0 aromatic heterocycles. The van der Waals surface area contributed by atoms with E-state index in [1.165, 1.54) is 32.1 Å². The largest absolute Gasteiger partial charge is 0.379 e. The van der Waals surface area contributed by atoms with Crippen molar-refractivity contribution in [2.45, 2.75) is 65.4 Å². The van der Waals surface area contributed by atoms with Gasteiger partial charge in [-0.1, -0.05) is 39.0 Å². The summed E-state index contributed by atoms with van der Waals surface area (Å²) in [4.78, 5) is 0. The van der Waals surface area contributed by atoms with Gasteiger partial charge in [0.25, 0.3) is 0 Å². The van der Waals surface area contributed by atoms with Gasteiger partial charge < -0.3 is 56.8 Å². The first-order chi connectivity index (χ1) is 22.3. The summed E-state index contributed by atoms with van der Waals surface area (Å²) in [5.74, 6) is 0. The first-order valence-electron chi connectivity index (χ1n) is 17.2. The van der Waals surface area contributed by atoms with Crippen molar-refractivity contribution in [2.24, 2.45) is 0 Å². The molecule has 0 amide bonds. The van der Waals surface area contributed by atoms with Crippen LogP contribution in [0.25, 0.3) is 0 Å². The third-order valence-corrected chi connectivity index (χ3v) is 6.04. The van der Waals surface area contributed by atoms with Crippen LogP contribution >= 0.6 is 0 Å². The molecule has 12 nitrogen and oxygen atoms in total. The highest BCUT2D eigenvalue weighted by Gasteiger charge is 1.97. The van der Waals surface area contributed by atoms with Gasteiger partial charge in [-0.15, -0.1) is 0 Å². The molecule has 0 aromatic rings. The molecule has 0 radical (unpaired) electrons. The zero-order valence-electron chi connectivity index (χ0n) is 29.0. The molecule has 0 bridgehead atoms. The molecule has 0 N–H and O–H groups in total. The highest BCUT2D eigenvalue weighted by Crippen LogP contribution is 2.04. The second-order valence-corrected chi connectivity index (χ2v) is 10.4. The Morgan fingerprint density at radius 1 is 0.267 bits per heavy atom. The maximum atomic E-state index is 5.58. The van der Waals surface area contributed by atoms with E-state index in [1.54, 1.807) is 0 Å². The zero-order chi connectivity index (χ0) is 32.6. The summed E-state index contributed by atoms with van der Waals surface area (Å²) in [6.45, 7) is 19.2. The molecule has 0 spiro atoms. The molecule has 0 unspecified atom stereocenters. The third kappa shape index (κ3) is 43.5. The van der Waals surface area contributed by atoms with Crippen molar-refractivity contribution in [3.05, 3.63) is 0 Å². The van der Waals surface area contributed by atoms with Crippen molar-refractivity contribution in [1.82, 2.24) is 0 Å². The van der Waals surface area contributed by atoms with Crippen LogP contribution in [0.5, 0.6) is 0 Å². The smallest absolute Gasteiger partial charge is 0.0703 e. The van der Waals surface area contributed by atoms with E-state index in [0.29, 0.717) is 145 Å². The van der Waals surface area contributed by atoms with Crippen LogP contribution in [0.4, 0.5) is 0 Å². The number of hydrogen-bond donors (Lipinski definition) is 0. The molecule has 45 heavy (non-hydrogen) atoms. The van der Waals surface area contributed by atoms with Gasteiger partial charge in [0.2, 0.25) is 0 Å². The summed E-state index contributed by atoms with van der Waals surface area (Å²) < 4.78 is 65.7. The Kier molecular flexibility index (Phi) is 41.1. The van der Waals surface area contributed by atoms with Crippen LogP contribution in [0.2, 0.25) is 0 Å². The molecule has 12 heteroatoms. The van der Waals surface area contributed by atoms with E-state index < -0.39 is 0 Å². The van der Waals surface area contributed by atoms with Crippen LogP contribution in [0.3, 0.4) is 0 Å². The molecular weight excluding hydrogens is 588 g/mol. The minimum atomic E-state index is 0.233. The summed E-state index contributed by atoms with van der Waals surface area (Å²) in [5, 5.41) is 0. The van der Waals surface area contributed by atoms with Gasteiger partial charge >= 0.3 is 0 Å². The predicted octanol–water partition coefficient (Wildman–Crippen LogP) is 3.95. The monoisotopic (exact) mass is 656 g/mol. The summed E-state index contributed by atoms with van der Waals surface area (Å²) in [5.41, 5.74) is 0. The van der Waals surface area contributed by atoms with E-state index in [0.717, 1.165) is 13.0 Å². The minimum absolute atomic E-state index is 0.233. The van der Waals surface area contributed by atoms with Crippen molar-refractivity contribution in [3.8, 4) is 0 Å². The Morgan fingerprint density at radius 3 is 0.756 bits per heavy atom. The fraction of sp³-hybridized carbons (Fsp3) is 1.00. The molecule has 0 saturated heterocycles. The zero-order valence-corrected chi connectivity index (χ0v) is 29.0. The van der Waals surface area contributed by atoms with Crippen LogP contribution in [0.15, 0.2) is 0 Å². The molecule has 0 saturated carbocycles. The quantitative estimate of drug-likeness (QED) is 0.0889. The van der Waals surface area contributed by atoms with E-state index in [-0.39, 0.29) is 6.10 Å². The van der Waals surface area contributed by atoms with Gasteiger partial charge in [0.1, 0.15) is 0 Å². The van der Waals surface area contributed by atoms with Gasteiger partial charge in [-0.3, -0.25) is 0 Å². The lowest BCUT2D eigenvalue weighted by Gasteiger charge is -2.09. The Morgan fingerprint density at radius 2 is 0.489 bits per heavy atom. The van der Waals surface area contributed by atoms with Crippen LogP contribution in [0.1, 0.15) is 59.3 Å². The normalized spacial score (nSPS) is 11.7. The van der Waals surface area contributed by atoms with Crippen molar-refractivity contribution in [1.29, 1.82) is 0 Å². The minimum Gasteiger partial charge on any atom is -0.379 e. The third-order valence-electron chi connectivity index (χ3n) is 6.04. The fourth-order valence-corrected chi connectivity index (χ4v) is 3.63. The highest BCUT2D eigenvalue weighted by molar-refractivity contribution is 4.44.